The molecule has 0 atom stereocenters. The maximum atomic E-state index is 6.08. The average Bonchev–Trinajstić information content (AvgIpc) is 2.47. The second-order valence-corrected chi connectivity index (χ2v) is 4.07. The van der Waals surface area contributed by atoms with E-state index in [1.54, 1.807) is 5.01 Å². The maximum Gasteiger partial charge on any atom is 0.147 e. The number of aromatic nitrogens is 1. The summed E-state index contributed by atoms with van der Waals surface area (Å²) in [4.78, 5) is 4.55. The standard InChI is InChI=1S/C15H13N3/c16-18(13-7-2-1-3-8-13)15-11-10-12-6-4-5-9-14(12)17-15/h1-11H,16H2. The van der Waals surface area contributed by atoms with Crippen LogP contribution in [0, 0.1) is 0 Å². The normalized spacial score (nSPS) is 10.5. The highest BCUT2D eigenvalue weighted by Gasteiger charge is 2.05. The van der Waals surface area contributed by atoms with Crippen LogP contribution in [-0.4, -0.2) is 4.98 Å². The van der Waals surface area contributed by atoms with Crippen molar-refractivity contribution in [3.63, 3.8) is 0 Å². The van der Waals surface area contributed by atoms with Gasteiger partial charge in [0, 0.05) is 5.39 Å². The summed E-state index contributed by atoms with van der Waals surface area (Å²) in [7, 11) is 0. The smallest absolute Gasteiger partial charge is 0.147 e. The first-order chi connectivity index (χ1) is 8.84. The molecule has 3 nitrogen and oxygen atoms in total. The van der Waals surface area contributed by atoms with E-state index in [-0.39, 0.29) is 0 Å². The van der Waals surface area contributed by atoms with Crippen LogP contribution >= 0.6 is 0 Å². The van der Waals surface area contributed by atoms with Gasteiger partial charge in [-0.25, -0.2) is 10.8 Å². The van der Waals surface area contributed by atoms with Gasteiger partial charge in [0.1, 0.15) is 5.82 Å². The summed E-state index contributed by atoms with van der Waals surface area (Å²) in [6.07, 6.45) is 0. The molecule has 0 spiro atoms. The van der Waals surface area contributed by atoms with E-state index in [4.69, 9.17) is 5.84 Å². The van der Waals surface area contributed by atoms with E-state index in [9.17, 15) is 0 Å². The monoisotopic (exact) mass is 235 g/mol. The van der Waals surface area contributed by atoms with E-state index in [1.165, 1.54) is 0 Å². The molecule has 0 aliphatic rings. The van der Waals surface area contributed by atoms with Crippen LogP contribution in [0.5, 0.6) is 0 Å². The zero-order valence-electron chi connectivity index (χ0n) is 9.82. The van der Waals surface area contributed by atoms with Crippen LogP contribution in [0.25, 0.3) is 10.9 Å². The molecule has 2 N–H and O–H groups in total. The van der Waals surface area contributed by atoms with Crippen LogP contribution in [-0.2, 0) is 0 Å². The highest BCUT2D eigenvalue weighted by atomic mass is 15.4. The Balaban J connectivity index is 2.04. The van der Waals surface area contributed by atoms with Crippen LogP contribution in [0.1, 0.15) is 0 Å². The van der Waals surface area contributed by atoms with Gasteiger partial charge in [0.15, 0.2) is 0 Å². The third-order valence-corrected chi connectivity index (χ3v) is 2.86. The molecule has 1 aromatic heterocycles. The zero-order valence-corrected chi connectivity index (χ0v) is 9.82. The third-order valence-electron chi connectivity index (χ3n) is 2.86. The number of hydrazine groups is 1. The number of nitrogens with zero attached hydrogens (tertiary/aromatic N) is 2. The van der Waals surface area contributed by atoms with Gasteiger partial charge in [-0.05, 0) is 30.3 Å². The Morgan fingerprint density at radius 3 is 2.33 bits per heavy atom. The molecule has 0 fully saturated rings. The van der Waals surface area contributed by atoms with Gasteiger partial charge in [-0.3, -0.25) is 5.01 Å². The Hall–Kier alpha value is -2.39. The lowest BCUT2D eigenvalue weighted by atomic mass is 10.2. The molecule has 0 amide bonds. The molecule has 0 aliphatic heterocycles. The first-order valence-corrected chi connectivity index (χ1v) is 5.80. The molecular formula is C15H13N3. The average molecular weight is 235 g/mol. The Labute approximate surface area is 105 Å². The molecule has 2 aromatic carbocycles. The summed E-state index contributed by atoms with van der Waals surface area (Å²) in [5, 5.41) is 2.70. The molecule has 0 bridgehead atoms. The van der Waals surface area contributed by atoms with E-state index in [1.807, 2.05) is 66.7 Å². The SMILES string of the molecule is NN(c1ccccc1)c1ccc2ccccc2n1. The van der Waals surface area contributed by atoms with Crippen molar-refractivity contribution in [3.05, 3.63) is 66.7 Å². The van der Waals surface area contributed by atoms with Crippen molar-refractivity contribution in [1.82, 2.24) is 4.98 Å². The molecule has 18 heavy (non-hydrogen) atoms. The van der Waals surface area contributed by atoms with Gasteiger partial charge in [-0.15, -0.1) is 0 Å². The fourth-order valence-corrected chi connectivity index (χ4v) is 1.91. The number of pyridine rings is 1. The molecule has 3 aromatic rings. The van der Waals surface area contributed by atoms with Crippen molar-refractivity contribution >= 4 is 22.4 Å². The number of hydrogen-bond acceptors (Lipinski definition) is 3. The molecule has 0 saturated heterocycles. The maximum absolute atomic E-state index is 6.08. The van der Waals surface area contributed by atoms with Crippen molar-refractivity contribution < 1.29 is 0 Å². The zero-order chi connectivity index (χ0) is 12.4. The highest BCUT2D eigenvalue weighted by Crippen LogP contribution is 2.22. The minimum Gasteiger partial charge on any atom is -0.262 e. The summed E-state index contributed by atoms with van der Waals surface area (Å²) in [5.74, 6) is 6.81. The summed E-state index contributed by atoms with van der Waals surface area (Å²) < 4.78 is 0. The molecule has 3 rings (SSSR count). The third kappa shape index (κ3) is 1.92. The number of benzene rings is 2. The molecule has 0 radical (unpaired) electrons. The number of hydrogen-bond donors (Lipinski definition) is 1. The molecular weight excluding hydrogens is 222 g/mol. The van der Waals surface area contributed by atoms with Gasteiger partial charge in [0.25, 0.3) is 0 Å². The quantitative estimate of drug-likeness (QED) is 0.547. The van der Waals surface area contributed by atoms with E-state index in [0.29, 0.717) is 0 Å². The van der Waals surface area contributed by atoms with Crippen molar-refractivity contribution in [2.24, 2.45) is 5.84 Å². The Kier molecular flexibility index (Phi) is 2.67. The van der Waals surface area contributed by atoms with Gasteiger partial charge >= 0.3 is 0 Å². The Bertz CT molecular complexity index is 665. The summed E-state index contributed by atoms with van der Waals surface area (Å²) in [6.45, 7) is 0. The number of rotatable bonds is 2. The number of fused-ring (bicyclic) bond motifs is 1. The van der Waals surface area contributed by atoms with Crippen LogP contribution in [0.3, 0.4) is 0 Å². The molecule has 3 heteroatoms. The van der Waals surface area contributed by atoms with Gasteiger partial charge in [0.05, 0.1) is 11.2 Å². The largest absolute Gasteiger partial charge is 0.262 e. The topological polar surface area (TPSA) is 42.1 Å². The Morgan fingerprint density at radius 2 is 1.50 bits per heavy atom. The van der Waals surface area contributed by atoms with Crippen molar-refractivity contribution in [2.45, 2.75) is 0 Å². The van der Waals surface area contributed by atoms with E-state index in [2.05, 4.69) is 4.98 Å². The lowest BCUT2D eigenvalue weighted by Crippen LogP contribution is -2.25. The molecule has 0 aliphatic carbocycles. The van der Waals surface area contributed by atoms with Gasteiger partial charge in [0.2, 0.25) is 0 Å². The van der Waals surface area contributed by atoms with E-state index < -0.39 is 0 Å². The summed E-state index contributed by atoms with van der Waals surface area (Å²) in [6, 6.07) is 21.7. The first-order valence-electron chi connectivity index (χ1n) is 5.80. The van der Waals surface area contributed by atoms with Gasteiger partial charge in [-0.2, -0.15) is 0 Å². The van der Waals surface area contributed by atoms with Crippen molar-refractivity contribution in [1.29, 1.82) is 0 Å². The van der Waals surface area contributed by atoms with E-state index in [0.717, 1.165) is 22.4 Å². The second-order valence-electron chi connectivity index (χ2n) is 4.07. The summed E-state index contributed by atoms with van der Waals surface area (Å²) in [5.41, 5.74) is 1.86. The predicted octanol–water partition coefficient (Wildman–Crippen LogP) is 3.25. The van der Waals surface area contributed by atoms with E-state index >= 15 is 0 Å². The summed E-state index contributed by atoms with van der Waals surface area (Å²) >= 11 is 0. The highest BCUT2D eigenvalue weighted by molar-refractivity contribution is 5.80. The van der Waals surface area contributed by atoms with Crippen LogP contribution in [0.2, 0.25) is 0 Å². The minimum atomic E-state index is 0.736. The fraction of sp³-hybridized carbons (Fsp3) is 0. The van der Waals surface area contributed by atoms with Crippen LogP contribution < -0.4 is 10.9 Å². The molecule has 1 heterocycles. The Morgan fingerprint density at radius 1 is 0.778 bits per heavy atom. The fourth-order valence-electron chi connectivity index (χ4n) is 1.91. The minimum absolute atomic E-state index is 0.736. The van der Waals surface area contributed by atoms with Crippen molar-refractivity contribution in [2.75, 3.05) is 5.01 Å². The second kappa shape index (κ2) is 4.47. The molecule has 0 unspecified atom stereocenters. The van der Waals surface area contributed by atoms with Gasteiger partial charge < -0.3 is 0 Å². The number of anilines is 2. The number of para-hydroxylation sites is 2. The molecule has 88 valence electrons. The van der Waals surface area contributed by atoms with Gasteiger partial charge in [-0.1, -0.05) is 36.4 Å². The van der Waals surface area contributed by atoms with Crippen molar-refractivity contribution in [3.8, 4) is 0 Å². The predicted molar refractivity (Wildman–Crippen MR) is 74.5 cm³/mol. The lowest BCUT2D eigenvalue weighted by Gasteiger charge is -2.17. The molecule has 0 saturated carbocycles. The van der Waals surface area contributed by atoms with Crippen LogP contribution in [0.4, 0.5) is 11.5 Å². The van der Waals surface area contributed by atoms with Crippen LogP contribution in [0.15, 0.2) is 66.7 Å². The lowest BCUT2D eigenvalue weighted by molar-refractivity contribution is 1.05. The number of nitrogens with two attached hydrogens (primary N) is 1. The first kappa shape index (κ1) is 10.7.